The SMILES string of the molecule is COC(=O)N(NC(=O)c1c(CN2CCC(N3CCOCC3)CC2)c(-c2ccccc2)nc2ccccc12)c1ccccc1. The molecule has 6 rings (SSSR count). The molecule has 9 heteroatoms. The largest absolute Gasteiger partial charge is 0.451 e. The third kappa shape index (κ3) is 6.39. The fourth-order valence-electron chi connectivity index (χ4n) is 6.15. The van der Waals surface area contributed by atoms with E-state index in [2.05, 4.69) is 15.2 Å². The number of hydrazine groups is 1. The molecule has 0 aliphatic carbocycles. The van der Waals surface area contributed by atoms with Crippen molar-refractivity contribution in [3.63, 3.8) is 0 Å². The van der Waals surface area contributed by atoms with Crippen LogP contribution in [0.5, 0.6) is 0 Å². The van der Waals surface area contributed by atoms with Crippen LogP contribution in [0.15, 0.2) is 84.9 Å². The molecule has 222 valence electrons. The van der Waals surface area contributed by atoms with Crippen molar-refractivity contribution in [3.8, 4) is 11.3 Å². The molecule has 3 heterocycles. The number of rotatable bonds is 6. The van der Waals surface area contributed by atoms with E-state index in [-0.39, 0.29) is 0 Å². The molecular weight excluding hydrogens is 542 g/mol. The molecule has 0 unspecified atom stereocenters. The zero-order valence-corrected chi connectivity index (χ0v) is 24.4. The molecule has 9 nitrogen and oxygen atoms in total. The second kappa shape index (κ2) is 13.3. The van der Waals surface area contributed by atoms with Gasteiger partial charge in [0.1, 0.15) is 0 Å². The van der Waals surface area contributed by atoms with Gasteiger partial charge in [-0.2, -0.15) is 5.01 Å². The number of hydrogen-bond acceptors (Lipinski definition) is 7. The Hall–Kier alpha value is -4.31. The van der Waals surface area contributed by atoms with Crippen LogP contribution in [-0.2, 0) is 16.0 Å². The lowest BCUT2D eigenvalue weighted by Crippen LogP contribution is -2.49. The number of para-hydroxylation sites is 2. The summed E-state index contributed by atoms with van der Waals surface area (Å²) in [5.74, 6) is -0.400. The highest BCUT2D eigenvalue weighted by Gasteiger charge is 2.30. The number of morpholine rings is 1. The van der Waals surface area contributed by atoms with Gasteiger partial charge in [-0.3, -0.25) is 20.0 Å². The second-order valence-corrected chi connectivity index (χ2v) is 10.9. The number of ether oxygens (including phenoxy) is 2. The fraction of sp³-hybridized carbons (Fsp3) is 0.324. The number of carbonyl (C=O) groups is 2. The number of aromatic nitrogens is 1. The van der Waals surface area contributed by atoms with Gasteiger partial charge in [0.25, 0.3) is 5.91 Å². The van der Waals surface area contributed by atoms with E-state index in [0.29, 0.717) is 29.4 Å². The van der Waals surface area contributed by atoms with Crippen LogP contribution in [0.2, 0.25) is 0 Å². The van der Waals surface area contributed by atoms with E-state index < -0.39 is 12.0 Å². The minimum Gasteiger partial charge on any atom is -0.451 e. The first kappa shape index (κ1) is 28.8. The van der Waals surface area contributed by atoms with Gasteiger partial charge >= 0.3 is 6.09 Å². The summed E-state index contributed by atoms with van der Waals surface area (Å²) < 4.78 is 10.6. The van der Waals surface area contributed by atoms with Gasteiger partial charge in [-0.25, -0.2) is 9.78 Å². The van der Waals surface area contributed by atoms with E-state index in [1.165, 1.54) is 7.11 Å². The van der Waals surface area contributed by atoms with Gasteiger partial charge in [0.15, 0.2) is 0 Å². The predicted molar refractivity (Wildman–Crippen MR) is 167 cm³/mol. The van der Waals surface area contributed by atoms with Crippen molar-refractivity contribution in [2.24, 2.45) is 0 Å². The number of hydrogen-bond donors (Lipinski definition) is 1. The highest BCUT2D eigenvalue weighted by Crippen LogP contribution is 2.33. The third-order valence-corrected chi connectivity index (χ3v) is 8.35. The van der Waals surface area contributed by atoms with Gasteiger partial charge in [-0.15, -0.1) is 0 Å². The van der Waals surface area contributed by atoms with Crippen LogP contribution >= 0.6 is 0 Å². The zero-order chi connectivity index (χ0) is 29.6. The lowest BCUT2D eigenvalue weighted by Gasteiger charge is -2.40. The number of amides is 2. The maximum Gasteiger partial charge on any atom is 0.433 e. The maximum atomic E-state index is 14.3. The Bertz CT molecular complexity index is 1550. The van der Waals surface area contributed by atoms with E-state index >= 15 is 0 Å². The third-order valence-electron chi connectivity index (χ3n) is 8.35. The van der Waals surface area contributed by atoms with Gasteiger partial charge < -0.3 is 9.47 Å². The monoisotopic (exact) mass is 579 g/mol. The van der Waals surface area contributed by atoms with Gasteiger partial charge in [0.05, 0.1) is 42.8 Å². The lowest BCUT2D eigenvalue weighted by atomic mass is 9.94. The molecule has 2 saturated heterocycles. The topological polar surface area (TPSA) is 87.2 Å². The van der Waals surface area contributed by atoms with Crippen molar-refractivity contribution in [3.05, 3.63) is 96.1 Å². The van der Waals surface area contributed by atoms with E-state index in [0.717, 1.165) is 79.5 Å². The van der Waals surface area contributed by atoms with E-state index in [1.54, 1.807) is 24.3 Å². The first-order valence-electron chi connectivity index (χ1n) is 14.9. The molecule has 2 amide bonds. The number of likely N-dealkylation sites (tertiary alicyclic amines) is 1. The van der Waals surface area contributed by atoms with Crippen LogP contribution in [0.1, 0.15) is 28.8 Å². The van der Waals surface area contributed by atoms with E-state index in [4.69, 9.17) is 14.5 Å². The summed E-state index contributed by atoms with van der Waals surface area (Å²) in [7, 11) is 1.30. The lowest BCUT2D eigenvalue weighted by molar-refractivity contribution is 0.000226. The highest BCUT2D eigenvalue weighted by atomic mass is 16.5. The fourth-order valence-corrected chi connectivity index (χ4v) is 6.15. The molecule has 0 spiro atoms. The Morgan fingerprint density at radius 3 is 2.26 bits per heavy atom. The highest BCUT2D eigenvalue weighted by molar-refractivity contribution is 6.10. The summed E-state index contributed by atoms with van der Waals surface area (Å²) in [5.41, 5.74) is 7.11. The normalized spacial score (nSPS) is 16.6. The smallest absolute Gasteiger partial charge is 0.433 e. The summed E-state index contributed by atoms with van der Waals surface area (Å²) in [5, 5.41) is 1.88. The number of carbonyl (C=O) groups excluding carboxylic acids is 2. The molecule has 3 aromatic carbocycles. The van der Waals surface area contributed by atoms with Gasteiger partial charge in [-0.1, -0.05) is 66.7 Å². The number of nitrogens with zero attached hydrogens (tertiary/aromatic N) is 4. The number of piperidine rings is 1. The maximum absolute atomic E-state index is 14.3. The zero-order valence-electron chi connectivity index (χ0n) is 24.4. The van der Waals surface area contributed by atoms with Crippen LogP contribution in [-0.4, -0.2) is 79.3 Å². The van der Waals surface area contributed by atoms with Gasteiger partial charge in [0.2, 0.25) is 0 Å². The Morgan fingerprint density at radius 2 is 1.56 bits per heavy atom. The number of methoxy groups -OCH3 is 1. The van der Waals surface area contributed by atoms with E-state index in [9.17, 15) is 9.59 Å². The minimum atomic E-state index is -0.687. The second-order valence-electron chi connectivity index (χ2n) is 10.9. The number of fused-ring (bicyclic) bond motifs is 1. The van der Waals surface area contributed by atoms with E-state index in [1.807, 2.05) is 60.7 Å². The molecule has 2 aliphatic rings. The van der Waals surface area contributed by atoms with Crippen molar-refractivity contribution in [2.75, 3.05) is 51.5 Å². The Morgan fingerprint density at radius 1 is 0.907 bits per heavy atom. The number of benzene rings is 3. The Balaban J connectivity index is 1.39. The predicted octanol–water partition coefficient (Wildman–Crippen LogP) is 5.12. The molecule has 4 aromatic rings. The van der Waals surface area contributed by atoms with Crippen molar-refractivity contribution in [1.82, 2.24) is 20.2 Å². The van der Waals surface area contributed by atoms with Crippen molar-refractivity contribution >= 4 is 28.6 Å². The summed E-state index contributed by atoms with van der Waals surface area (Å²) in [4.78, 5) is 37.3. The van der Waals surface area contributed by atoms with Crippen LogP contribution in [0, 0.1) is 0 Å². The van der Waals surface area contributed by atoms with Crippen LogP contribution in [0.3, 0.4) is 0 Å². The van der Waals surface area contributed by atoms with Crippen molar-refractivity contribution < 1.29 is 19.1 Å². The molecule has 0 radical (unpaired) electrons. The minimum absolute atomic E-state index is 0.400. The number of anilines is 1. The molecule has 43 heavy (non-hydrogen) atoms. The molecule has 2 aliphatic heterocycles. The van der Waals surface area contributed by atoms with Crippen LogP contribution in [0.4, 0.5) is 10.5 Å². The molecular formula is C34H37N5O4. The average molecular weight is 580 g/mol. The first-order chi connectivity index (χ1) is 21.1. The summed E-state index contributed by atoms with van der Waals surface area (Å²) in [6, 6.07) is 27.2. The Labute approximate surface area is 252 Å². The Kier molecular flexibility index (Phi) is 8.93. The summed E-state index contributed by atoms with van der Waals surface area (Å²) in [6.07, 6.45) is 1.44. The van der Waals surface area contributed by atoms with Crippen molar-refractivity contribution in [1.29, 1.82) is 0 Å². The average Bonchev–Trinajstić information content (AvgIpc) is 3.08. The molecule has 0 bridgehead atoms. The molecule has 1 N–H and O–H groups in total. The number of nitrogens with one attached hydrogen (secondary N) is 1. The van der Waals surface area contributed by atoms with Crippen LogP contribution < -0.4 is 10.4 Å². The number of pyridine rings is 1. The standard InChI is InChI=1S/C34H37N5O4/c1-42-34(41)39(27-12-6-3-7-13-27)36-33(40)31-28-14-8-9-15-30(28)35-32(25-10-4-2-5-11-25)29(31)24-37-18-16-26(17-19-37)38-20-22-43-23-21-38/h2-15,26H,16-24H2,1H3,(H,36,40). The quantitative estimate of drug-likeness (QED) is 0.318. The summed E-state index contributed by atoms with van der Waals surface area (Å²) >= 11 is 0. The molecule has 1 aromatic heterocycles. The molecule has 0 atom stereocenters. The summed E-state index contributed by atoms with van der Waals surface area (Å²) in [6.45, 7) is 5.97. The van der Waals surface area contributed by atoms with Gasteiger partial charge in [0, 0.05) is 42.2 Å². The van der Waals surface area contributed by atoms with Crippen molar-refractivity contribution in [2.45, 2.75) is 25.4 Å². The molecule has 0 saturated carbocycles. The van der Waals surface area contributed by atoms with Crippen LogP contribution in [0.25, 0.3) is 22.2 Å². The molecule has 2 fully saturated rings. The first-order valence-corrected chi connectivity index (χ1v) is 14.9. The van der Waals surface area contributed by atoms with Gasteiger partial charge in [-0.05, 0) is 44.1 Å².